The molecule has 3 heterocycles. The summed E-state index contributed by atoms with van der Waals surface area (Å²) in [5.41, 5.74) is 5.33. The SMILES string of the molecule is CCCOc1ccc(-c2ccc(-c3nc(-c4ccc5nccnc5c4)nn3-c3ccc(C(=O)O)cn3)cc2)cc1. The first-order chi connectivity index (χ1) is 19.6. The Morgan fingerprint density at radius 3 is 2.15 bits per heavy atom. The monoisotopic (exact) mass is 528 g/mol. The van der Waals surface area contributed by atoms with Crippen molar-refractivity contribution in [1.29, 1.82) is 0 Å². The fourth-order valence-electron chi connectivity index (χ4n) is 4.30. The van der Waals surface area contributed by atoms with Crippen LogP contribution in [-0.4, -0.2) is 47.4 Å². The van der Waals surface area contributed by atoms with Gasteiger partial charge in [-0.25, -0.2) is 14.8 Å². The van der Waals surface area contributed by atoms with Crippen molar-refractivity contribution in [2.45, 2.75) is 13.3 Å². The van der Waals surface area contributed by atoms with Crippen LogP contribution in [0.2, 0.25) is 0 Å². The normalized spacial score (nSPS) is 11.0. The number of benzene rings is 3. The number of carboxylic acids is 1. The van der Waals surface area contributed by atoms with E-state index in [0.717, 1.165) is 45.5 Å². The van der Waals surface area contributed by atoms with Crippen LogP contribution < -0.4 is 4.74 Å². The molecule has 0 saturated carbocycles. The first-order valence-corrected chi connectivity index (χ1v) is 12.8. The van der Waals surface area contributed by atoms with Crippen LogP contribution >= 0.6 is 0 Å². The molecule has 6 aromatic rings. The molecule has 0 unspecified atom stereocenters. The lowest BCUT2D eigenvalue weighted by Crippen LogP contribution is -2.04. The molecule has 9 nitrogen and oxygen atoms in total. The van der Waals surface area contributed by atoms with Gasteiger partial charge in [0.25, 0.3) is 0 Å². The van der Waals surface area contributed by atoms with Gasteiger partial charge in [0.15, 0.2) is 17.5 Å². The van der Waals surface area contributed by atoms with Crippen LogP contribution in [0, 0.1) is 0 Å². The predicted molar refractivity (Wildman–Crippen MR) is 151 cm³/mol. The average molecular weight is 529 g/mol. The molecule has 0 spiro atoms. The highest BCUT2D eigenvalue weighted by atomic mass is 16.5. The van der Waals surface area contributed by atoms with Gasteiger partial charge in [0.05, 0.1) is 23.2 Å². The average Bonchev–Trinajstić information content (AvgIpc) is 3.46. The molecule has 3 aromatic heterocycles. The molecule has 0 atom stereocenters. The molecule has 3 aromatic carbocycles. The second-order valence-electron chi connectivity index (χ2n) is 9.09. The van der Waals surface area contributed by atoms with E-state index in [-0.39, 0.29) is 5.56 Å². The third kappa shape index (κ3) is 5.00. The maximum Gasteiger partial charge on any atom is 0.337 e. The second kappa shape index (κ2) is 10.7. The van der Waals surface area contributed by atoms with Gasteiger partial charge in [0.1, 0.15) is 5.75 Å². The number of ether oxygens (including phenoxy) is 1. The first kappa shape index (κ1) is 24.9. The summed E-state index contributed by atoms with van der Waals surface area (Å²) in [6.45, 7) is 2.77. The number of carbonyl (C=O) groups is 1. The van der Waals surface area contributed by atoms with Crippen LogP contribution in [0.15, 0.2) is 97.5 Å². The highest BCUT2D eigenvalue weighted by molar-refractivity contribution is 5.87. The Balaban J connectivity index is 1.39. The minimum absolute atomic E-state index is 0.0919. The molecule has 40 heavy (non-hydrogen) atoms. The molecule has 0 aliphatic rings. The first-order valence-electron chi connectivity index (χ1n) is 12.8. The van der Waals surface area contributed by atoms with Crippen molar-refractivity contribution in [2.75, 3.05) is 6.61 Å². The maximum absolute atomic E-state index is 11.4. The number of aromatic nitrogens is 6. The van der Waals surface area contributed by atoms with Gasteiger partial charge in [-0.3, -0.25) is 9.97 Å². The van der Waals surface area contributed by atoms with Gasteiger partial charge in [-0.05, 0) is 60.0 Å². The molecule has 0 fully saturated rings. The van der Waals surface area contributed by atoms with E-state index in [9.17, 15) is 9.90 Å². The summed E-state index contributed by atoms with van der Waals surface area (Å²) >= 11 is 0. The number of pyridine rings is 1. The Hall–Kier alpha value is -5.44. The van der Waals surface area contributed by atoms with Crippen molar-refractivity contribution < 1.29 is 14.6 Å². The highest BCUT2D eigenvalue weighted by Crippen LogP contribution is 2.29. The molecule has 1 N–H and O–H groups in total. The molecule has 6 rings (SSSR count). The lowest BCUT2D eigenvalue weighted by Gasteiger charge is -2.08. The van der Waals surface area contributed by atoms with E-state index in [1.54, 1.807) is 23.1 Å². The van der Waals surface area contributed by atoms with Crippen LogP contribution in [0.3, 0.4) is 0 Å². The van der Waals surface area contributed by atoms with E-state index in [1.165, 1.54) is 12.3 Å². The summed E-state index contributed by atoms with van der Waals surface area (Å²) in [5, 5.41) is 14.1. The van der Waals surface area contributed by atoms with E-state index in [1.807, 2.05) is 66.7 Å². The van der Waals surface area contributed by atoms with Crippen molar-refractivity contribution in [3.8, 4) is 45.5 Å². The van der Waals surface area contributed by atoms with E-state index >= 15 is 0 Å². The van der Waals surface area contributed by atoms with Gasteiger partial charge >= 0.3 is 5.97 Å². The van der Waals surface area contributed by atoms with Crippen LogP contribution in [0.1, 0.15) is 23.7 Å². The quantitative estimate of drug-likeness (QED) is 0.252. The maximum atomic E-state index is 11.4. The number of nitrogens with zero attached hydrogens (tertiary/aromatic N) is 6. The molecule has 0 saturated heterocycles. The minimum atomic E-state index is -1.05. The number of hydrogen-bond acceptors (Lipinski definition) is 7. The van der Waals surface area contributed by atoms with E-state index < -0.39 is 5.97 Å². The van der Waals surface area contributed by atoms with Gasteiger partial charge in [-0.1, -0.05) is 43.3 Å². The fourth-order valence-corrected chi connectivity index (χ4v) is 4.30. The molecular weight excluding hydrogens is 504 g/mol. The van der Waals surface area contributed by atoms with E-state index in [2.05, 4.69) is 21.9 Å². The lowest BCUT2D eigenvalue weighted by molar-refractivity contribution is 0.0696. The summed E-state index contributed by atoms with van der Waals surface area (Å²) in [6.07, 6.45) is 5.57. The van der Waals surface area contributed by atoms with E-state index in [4.69, 9.17) is 14.8 Å². The summed E-state index contributed by atoms with van der Waals surface area (Å²) in [5.74, 6) is 1.31. The molecule has 196 valence electrons. The predicted octanol–water partition coefficient (Wildman–Crippen LogP) is 6.09. The molecule has 9 heteroatoms. The summed E-state index contributed by atoms with van der Waals surface area (Å²) in [6, 6.07) is 24.8. The zero-order valence-corrected chi connectivity index (χ0v) is 21.6. The third-order valence-electron chi connectivity index (χ3n) is 6.35. The van der Waals surface area contributed by atoms with Crippen molar-refractivity contribution in [3.05, 3.63) is 103 Å². The smallest absolute Gasteiger partial charge is 0.337 e. The van der Waals surface area contributed by atoms with Crippen molar-refractivity contribution in [2.24, 2.45) is 0 Å². The highest BCUT2D eigenvalue weighted by Gasteiger charge is 2.17. The fraction of sp³-hybridized carbons (Fsp3) is 0.0968. The van der Waals surface area contributed by atoms with Crippen LogP contribution in [-0.2, 0) is 0 Å². The van der Waals surface area contributed by atoms with Crippen LogP contribution in [0.25, 0.3) is 50.8 Å². The Kier molecular flexibility index (Phi) is 6.68. The Morgan fingerprint density at radius 1 is 0.800 bits per heavy atom. The Morgan fingerprint density at radius 2 is 1.48 bits per heavy atom. The molecule has 0 amide bonds. The van der Waals surface area contributed by atoms with Crippen molar-refractivity contribution in [1.82, 2.24) is 29.7 Å². The standard InChI is InChI=1S/C31H24N6O3/c1-2-17-40-25-11-7-21(8-12-25)20-3-5-22(6-4-20)30-35-29(23-9-13-26-27(18-23)33-16-15-32-26)36-37(30)28-14-10-24(19-34-28)31(38)39/h3-16,18-19H,2,17H2,1H3,(H,38,39). The van der Waals surface area contributed by atoms with Crippen LogP contribution in [0.4, 0.5) is 0 Å². The second-order valence-corrected chi connectivity index (χ2v) is 9.09. The number of fused-ring (bicyclic) bond motifs is 1. The van der Waals surface area contributed by atoms with Gasteiger partial charge in [0.2, 0.25) is 0 Å². The van der Waals surface area contributed by atoms with Crippen molar-refractivity contribution >= 4 is 17.0 Å². The van der Waals surface area contributed by atoms with Gasteiger partial charge < -0.3 is 9.84 Å². The largest absolute Gasteiger partial charge is 0.494 e. The summed E-state index contributed by atoms with van der Waals surface area (Å²) < 4.78 is 7.32. The molecule has 0 radical (unpaired) electrons. The number of carboxylic acid groups (broad SMARTS) is 1. The van der Waals surface area contributed by atoms with E-state index in [0.29, 0.717) is 24.1 Å². The van der Waals surface area contributed by atoms with Gasteiger partial charge in [-0.2, -0.15) is 4.68 Å². The third-order valence-corrected chi connectivity index (χ3v) is 6.35. The minimum Gasteiger partial charge on any atom is -0.494 e. The molecule has 0 bridgehead atoms. The number of rotatable bonds is 8. The van der Waals surface area contributed by atoms with Gasteiger partial charge in [0, 0.05) is 29.7 Å². The topological polar surface area (TPSA) is 116 Å². The Labute approximate surface area is 229 Å². The summed E-state index contributed by atoms with van der Waals surface area (Å²) in [7, 11) is 0. The number of aromatic carboxylic acids is 1. The zero-order chi connectivity index (χ0) is 27.5. The van der Waals surface area contributed by atoms with Crippen molar-refractivity contribution in [3.63, 3.8) is 0 Å². The number of hydrogen-bond donors (Lipinski definition) is 1. The zero-order valence-electron chi connectivity index (χ0n) is 21.6. The summed E-state index contributed by atoms with van der Waals surface area (Å²) in [4.78, 5) is 29.3. The lowest BCUT2D eigenvalue weighted by atomic mass is 10.0. The molecular formula is C31H24N6O3. The van der Waals surface area contributed by atoms with Crippen LogP contribution in [0.5, 0.6) is 5.75 Å². The Bertz CT molecular complexity index is 1800. The molecule has 0 aliphatic heterocycles. The van der Waals surface area contributed by atoms with Gasteiger partial charge in [-0.15, -0.1) is 5.10 Å². The molecule has 0 aliphatic carbocycles.